The summed E-state index contributed by atoms with van der Waals surface area (Å²) in [7, 11) is 0. The summed E-state index contributed by atoms with van der Waals surface area (Å²) in [6.07, 6.45) is 1.76. The van der Waals surface area contributed by atoms with Crippen molar-refractivity contribution in [2.24, 2.45) is 17.2 Å². The lowest BCUT2D eigenvalue weighted by Crippen LogP contribution is -2.37. The summed E-state index contributed by atoms with van der Waals surface area (Å²) < 4.78 is 5.99. The molecule has 31 heavy (non-hydrogen) atoms. The predicted molar refractivity (Wildman–Crippen MR) is 115 cm³/mol. The monoisotopic (exact) mass is 419 g/mol. The molecule has 8 nitrogen and oxygen atoms in total. The molecule has 8 heteroatoms. The molecule has 0 bridgehead atoms. The number of amides is 2. The number of fused-ring (bicyclic) bond motifs is 2. The molecule has 0 saturated carbocycles. The molecule has 3 aromatic rings. The Morgan fingerprint density at radius 1 is 1.00 bits per heavy atom. The van der Waals surface area contributed by atoms with Gasteiger partial charge in [-0.15, -0.1) is 10.2 Å². The van der Waals surface area contributed by atoms with Gasteiger partial charge in [0.05, 0.1) is 0 Å². The van der Waals surface area contributed by atoms with Crippen LogP contribution in [0.2, 0.25) is 0 Å². The molecule has 6 N–H and O–H groups in total. The van der Waals surface area contributed by atoms with Crippen LogP contribution < -0.4 is 17.2 Å². The van der Waals surface area contributed by atoms with Crippen LogP contribution in [0.15, 0.2) is 40.8 Å². The maximum absolute atomic E-state index is 11.8. The van der Waals surface area contributed by atoms with E-state index in [9.17, 15) is 9.59 Å². The molecule has 0 unspecified atom stereocenters. The second-order valence-corrected chi connectivity index (χ2v) is 8.19. The summed E-state index contributed by atoms with van der Waals surface area (Å²) in [6, 6.07) is 10.6. The van der Waals surface area contributed by atoms with Gasteiger partial charge in [-0.25, -0.2) is 0 Å². The van der Waals surface area contributed by atoms with Crippen molar-refractivity contribution >= 4 is 11.8 Å². The number of rotatable bonds is 5. The molecule has 2 amide bonds. The molecule has 1 aliphatic carbocycles. The number of nitrogens with two attached hydrogens (primary N) is 3. The van der Waals surface area contributed by atoms with E-state index in [1.165, 1.54) is 0 Å². The van der Waals surface area contributed by atoms with E-state index in [-0.39, 0.29) is 6.04 Å². The Labute approximate surface area is 179 Å². The highest BCUT2D eigenvalue weighted by Gasteiger charge is 2.46. The first-order chi connectivity index (χ1) is 14.7. The van der Waals surface area contributed by atoms with E-state index >= 15 is 0 Å². The molecular formula is C23H25N5O3. The molecule has 0 aliphatic heterocycles. The Morgan fingerprint density at radius 3 is 1.90 bits per heavy atom. The summed E-state index contributed by atoms with van der Waals surface area (Å²) in [5.41, 5.74) is 21.2. The molecule has 1 heterocycles. The first-order valence-electron chi connectivity index (χ1n) is 10.1. The number of aromatic nitrogens is 2. The molecule has 1 aliphatic rings. The second kappa shape index (κ2) is 7.63. The van der Waals surface area contributed by atoms with Crippen molar-refractivity contribution < 1.29 is 14.0 Å². The van der Waals surface area contributed by atoms with Gasteiger partial charge in [0.25, 0.3) is 0 Å². The minimum atomic E-state index is -0.844. The van der Waals surface area contributed by atoms with Crippen LogP contribution in [0, 0.1) is 6.92 Å². The summed E-state index contributed by atoms with van der Waals surface area (Å²) in [5.74, 6) is -0.127. The van der Waals surface area contributed by atoms with Gasteiger partial charge in [-0.3, -0.25) is 9.59 Å². The predicted octanol–water partition coefficient (Wildman–Crippen LogP) is 1.75. The highest BCUT2D eigenvalue weighted by molar-refractivity contribution is 5.94. The van der Waals surface area contributed by atoms with E-state index < -0.39 is 17.2 Å². The van der Waals surface area contributed by atoms with Gasteiger partial charge in [0, 0.05) is 24.1 Å². The molecular weight excluding hydrogens is 394 g/mol. The lowest BCUT2D eigenvalue weighted by molar-refractivity contribution is 0.0991. The number of hydrogen-bond donors (Lipinski definition) is 3. The van der Waals surface area contributed by atoms with E-state index in [0.717, 1.165) is 22.3 Å². The zero-order valence-electron chi connectivity index (χ0n) is 17.5. The number of primary amides is 2. The van der Waals surface area contributed by atoms with E-state index in [4.69, 9.17) is 21.6 Å². The van der Waals surface area contributed by atoms with Crippen LogP contribution in [0.1, 0.15) is 68.1 Å². The molecule has 0 radical (unpaired) electrons. The molecule has 2 aromatic carbocycles. The van der Waals surface area contributed by atoms with Crippen LogP contribution in [-0.2, 0) is 18.3 Å². The summed E-state index contributed by atoms with van der Waals surface area (Å²) in [6.45, 7) is 3.66. The van der Waals surface area contributed by atoms with Crippen molar-refractivity contribution in [3.05, 3.63) is 81.6 Å². The van der Waals surface area contributed by atoms with Crippen molar-refractivity contribution in [2.75, 3.05) is 0 Å². The quantitative estimate of drug-likeness (QED) is 0.573. The van der Waals surface area contributed by atoms with Gasteiger partial charge >= 0.3 is 0 Å². The van der Waals surface area contributed by atoms with Crippen LogP contribution in [-0.4, -0.2) is 28.1 Å². The van der Waals surface area contributed by atoms with Gasteiger partial charge in [-0.2, -0.15) is 0 Å². The zero-order valence-corrected chi connectivity index (χ0v) is 17.5. The molecule has 4 rings (SSSR count). The van der Waals surface area contributed by atoms with Gasteiger partial charge in [-0.05, 0) is 72.7 Å². The van der Waals surface area contributed by atoms with Crippen LogP contribution in [0.3, 0.4) is 0 Å². The van der Waals surface area contributed by atoms with E-state index in [2.05, 4.69) is 10.2 Å². The third kappa shape index (κ3) is 3.48. The van der Waals surface area contributed by atoms with Crippen LogP contribution in [0.25, 0.3) is 0 Å². The molecule has 0 spiro atoms. The molecule has 1 aromatic heterocycles. The third-order valence-corrected chi connectivity index (χ3v) is 5.88. The number of aryl methyl sites for hydroxylation is 3. The standard InChI is InChI=1S/C23H25N5O3/c1-12(24)11-23(22-28-27-13(2)31-22)18-7-5-16(20(25)29)9-14(18)3-4-15-10-17(21(26)30)6-8-19(15)23/h5-10,12H,3-4,11,24H2,1-2H3,(H2,25,29)(H2,26,30)/t12-/m0/s1. The highest BCUT2D eigenvalue weighted by atomic mass is 16.4. The number of nitrogens with zero attached hydrogens (tertiary/aromatic N) is 2. The second-order valence-electron chi connectivity index (χ2n) is 8.19. The number of hydrogen-bond acceptors (Lipinski definition) is 6. The maximum atomic E-state index is 11.8. The average molecular weight is 419 g/mol. The Kier molecular flexibility index (Phi) is 5.10. The normalized spacial score (nSPS) is 15.5. The van der Waals surface area contributed by atoms with E-state index in [0.29, 0.717) is 42.2 Å². The number of carbonyl (C=O) groups excluding carboxylic acids is 2. The molecule has 160 valence electrons. The Morgan fingerprint density at radius 2 is 1.52 bits per heavy atom. The highest BCUT2D eigenvalue weighted by Crippen LogP contribution is 2.47. The summed E-state index contributed by atoms with van der Waals surface area (Å²) in [5, 5.41) is 8.47. The fourth-order valence-electron chi connectivity index (χ4n) is 4.64. The van der Waals surface area contributed by atoms with Crippen molar-refractivity contribution in [3.63, 3.8) is 0 Å². The van der Waals surface area contributed by atoms with Crippen molar-refractivity contribution in [3.8, 4) is 0 Å². The Bertz CT molecular complexity index is 1120. The van der Waals surface area contributed by atoms with Gasteiger partial charge in [0.15, 0.2) is 0 Å². The largest absolute Gasteiger partial charge is 0.424 e. The van der Waals surface area contributed by atoms with Gasteiger partial charge in [0.2, 0.25) is 23.6 Å². The first kappa shape index (κ1) is 20.7. The van der Waals surface area contributed by atoms with Crippen LogP contribution in [0.5, 0.6) is 0 Å². The van der Waals surface area contributed by atoms with Crippen molar-refractivity contribution in [2.45, 2.75) is 44.6 Å². The van der Waals surface area contributed by atoms with E-state index in [1.807, 2.05) is 31.2 Å². The van der Waals surface area contributed by atoms with Gasteiger partial charge < -0.3 is 21.6 Å². The fourth-order valence-corrected chi connectivity index (χ4v) is 4.64. The third-order valence-electron chi connectivity index (χ3n) is 5.88. The average Bonchev–Trinajstić information content (AvgIpc) is 3.11. The SMILES string of the molecule is Cc1nnc(C2(C[C@H](C)N)c3ccc(C(N)=O)cc3CCc3cc(C(N)=O)ccc32)o1. The van der Waals surface area contributed by atoms with Gasteiger partial charge in [0.1, 0.15) is 5.41 Å². The molecule has 1 atom stereocenters. The van der Waals surface area contributed by atoms with Crippen LogP contribution in [0.4, 0.5) is 0 Å². The fraction of sp³-hybridized carbons (Fsp3) is 0.304. The number of benzene rings is 2. The minimum absolute atomic E-state index is 0.211. The summed E-state index contributed by atoms with van der Waals surface area (Å²) in [4.78, 5) is 23.7. The Balaban J connectivity index is 2.08. The van der Waals surface area contributed by atoms with Crippen molar-refractivity contribution in [1.29, 1.82) is 0 Å². The smallest absolute Gasteiger partial charge is 0.248 e. The number of carbonyl (C=O) groups is 2. The molecule has 0 fully saturated rings. The zero-order chi connectivity index (χ0) is 22.3. The van der Waals surface area contributed by atoms with Crippen LogP contribution >= 0.6 is 0 Å². The lowest BCUT2D eigenvalue weighted by atomic mass is 9.68. The topological polar surface area (TPSA) is 151 Å². The minimum Gasteiger partial charge on any atom is -0.424 e. The Hall–Kier alpha value is -3.52. The first-order valence-corrected chi connectivity index (χ1v) is 10.1. The lowest BCUT2D eigenvalue weighted by Gasteiger charge is -2.35. The van der Waals surface area contributed by atoms with Gasteiger partial charge in [-0.1, -0.05) is 12.1 Å². The maximum Gasteiger partial charge on any atom is 0.248 e. The summed E-state index contributed by atoms with van der Waals surface area (Å²) >= 11 is 0. The van der Waals surface area contributed by atoms with Crippen molar-refractivity contribution in [1.82, 2.24) is 10.2 Å². The van der Waals surface area contributed by atoms with E-state index in [1.54, 1.807) is 19.1 Å². The molecule has 0 saturated heterocycles.